The Balaban J connectivity index is 2.55. The van der Waals surface area contributed by atoms with Crippen molar-refractivity contribution in [3.05, 3.63) is 24.3 Å². The van der Waals surface area contributed by atoms with Gasteiger partial charge in [0.25, 0.3) is 0 Å². The zero-order chi connectivity index (χ0) is 13.1. The third-order valence-electron chi connectivity index (χ3n) is 2.41. The number of hydrogen-bond acceptors (Lipinski definition) is 6. The first-order valence-electron chi connectivity index (χ1n) is 5.26. The standard InChI is InChI=1S/C12H14N4O2/c1-17-11-4-3-8(12(16-11)18-2)7-5-9(13)15-10(14)6-7/h3-6H,1-2H3,(H4,13,14,15). The smallest absolute Gasteiger partial charge is 0.224 e. The molecule has 6 nitrogen and oxygen atoms in total. The summed E-state index contributed by atoms with van der Waals surface area (Å²) >= 11 is 0. The van der Waals surface area contributed by atoms with E-state index < -0.39 is 0 Å². The van der Waals surface area contributed by atoms with Crippen LogP contribution in [0.2, 0.25) is 0 Å². The fourth-order valence-corrected chi connectivity index (χ4v) is 1.64. The first kappa shape index (κ1) is 12.0. The van der Waals surface area contributed by atoms with Crippen molar-refractivity contribution in [1.82, 2.24) is 9.97 Å². The normalized spacial score (nSPS) is 10.1. The summed E-state index contributed by atoms with van der Waals surface area (Å²) < 4.78 is 10.3. The zero-order valence-electron chi connectivity index (χ0n) is 10.2. The summed E-state index contributed by atoms with van der Waals surface area (Å²) in [6, 6.07) is 6.99. The van der Waals surface area contributed by atoms with Gasteiger partial charge in [-0.05, 0) is 23.8 Å². The molecule has 6 heteroatoms. The first-order valence-corrected chi connectivity index (χ1v) is 5.26. The Hall–Kier alpha value is -2.50. The summed E-state index contributed by atoms with van der Waals surface area (Å²) in [7, 11) is 3.09. The highest BCUT2D eigenvalue weighted by molar-refractivity contribution is 5.73. The number of nitrogens with zero attached hydrogens (tertiary/aromatic N) is 2. The predicted molar refractivity (Wildman–Crippen MR) is 69.4 cm³/mol. The Morgan fingerprint density at radius 3 is 2.17 bits per heavy atom. The summed E-state index contributed by atoms with van der Waals surface area (Å²) in [5, 5.41) is 0. The lowest BCUT2D eigenvalue weighted by Gasteiger charge is -2.10. The van der Waals surface area contributed by atoms with E-state index in [0.717, 1.165) is 11.1 Å². The molecule has 0 bridgehead atoms. The highest BCUT2D eigenvalue weighted by Crippen LogP contribution is 2.31. The summed E-state index contributed by atoms with van der Waals surface area (Å²) in [5.74, 6) is 1.62. The molecule has 0 spiro atoms. The van der Waals surface area contributed by atoms with Gasteiger partial charge in [-0.1, -0.05) is 0 Å². The Labute approximate surface area is 105 Å². The largest absolute Gasteiger partial charge is 0.481 e. The fraction of sp³-hybridized carbons (Fsp3) is 0.167. The average molecular weight is 246 g/mol. The number of nitrogen functional groups attached to an aromatic ring is 2. The molecule has 0 aromatic carbocycles. The molecule has 94 valence electrons. The van der Waals surface area contributed by atoms with Gasteiger partial charge in [-0.25, -0.2) is 4.98 Å². The molecule has 0 aliphatic rings. The molecule has 4 N–H and O–H groups in total. The van der Waals surface area contributed by atoms with Crippen LogP contribution in [0.25, 0.3) is 11.1 Å². The third kappa shape index (κ3) is 2.27. The van der Waals surface area contributed by atoms with Gasteiger partial charge >= 0.3 is 0 Å². The van der Waals surface area contributed by atoms with Crippen LogP contribution < -0.4 is 20.9 Å². The van der Waals surface area contributed by atoms with Crippen molar-refractivity contribution in [2.45, 2.75) is 0 Å². The molecule has 2 rings (SSSR count). The molecule has 0 unspecified atom stereocenters. The third-order valence-corrected chi connectivity index (χ3v) is 2.41. The minimum Gasteiger partial charge on any atom is -0.481 e. The zero-order valence-corrected chi connectivity index (χ0v) is 10.2. The van der Waals surface area contributed by atoms with E-state index in [0.29, 0.717) is 23.4 Å². The number of pyridine rings is 2. The Bertz CT molecular complexity index is 552. The van der Waals surface area contributed by atoms with E-state index in [1.165, 1.54) is 0 Å². The van der Waals surface area contributed by atoms with Crippen molar-refractivity contribution >= 4 is 11.6 Å². The van der Waals surface area contributed by atoms with Gasteiger partial charge in [-0.2, -0.15) is 4.98 Å². The number of nitrogens with two attached hydrogens (primary N) is 2. The maximum absolute atomic E-state index is 5.67. The Morgan fingerprint density at radius 1 is 0.944 bits per heavy atom. The lowest BCUT2D eigenvalue weighted by atomic mass is 10.1. The highest BCUT2D eigenvalue weighted by Gasteiger charge is 2.10. The van der Waals surface area contributed by atoms with Gasteiger partial charge in [-0.15, -0.1) is 0 Å². The van der Waals surface area contributed by atoms with Gasteiger partial charge in [0.1, 0.15) is 11.6 Å². The van der Waals surface area contributed by atoms with Gasteiger partial charge in [0.2, 0.25) is 11.8 Å². The second-order valence-corrected chi connectivity index (χ2v) is 3.62. The van der Waals surface area contributed by atoms with Gasteiger partial charge in [0.15, 0.2) is 0 Å². The molecule has 0 saturated carbocycles. The Kier molecular flexibility index (Phi) is 3.18. The van der Waals surface area contributed by atoms with Crippen molar-refractivity contribution < 1.29 is 9.47 Å². The minimum atomic E-state index is 0.350. The number of aromatic nitrogens is 2. The van der Waals surface area contributed by atoms with Crippen LogP contribution in [0, 0.1) is 0 Å². The van der Waals surface area contributed by atoms with Gasteiger partial charge in [-0.3, -0.25) is 0 Å². The maximum atomic E-state index is 5.67. The SMILES string of the molecule is COc1ccc(-c2cc(N)nc(N)c2)c(OC)n1. The number of anilines is 2. The highest BCUT2D eigenvalue weighted by atomic mass is 16.5. The van der Waals surface area contributed by atoms with Crippen molar-refractivity contribution in [2.24, 2.45) is 0 Å². The summed E-state index contributed by atoms with van der Waals surface area (Å²) in [4.78, 5) is 8.12. The molecule has 2 aromatic heterocycles. The first-order chi connectivity index (χ1) is 8.63. The molecule has 2 aromatic rings. The fourth-order valence-electron chi connectivity index (χ4n) is 1.64. The number of methoxy groups -OCH3 is 2. The second kappa shape index (κ2) is 4.79. The van der Waals surface area contributed by atoms with Crippen LogP contribution in [-0.4, -0.2) is 24.2 Å². The van der Waals surface area contributed by atoms with Crippen LogP contribution in [0.1, 0.15) is 0 Å². The van der Waals surface area contributed by atoms with E-state index in [1.54, 1.807) is 32.4 Å². The second-order valence-electron chi connectivity index (χ2n) is 3.62. The quantitative estimate of drug-likeness (QED) is 0.848. The van der Waals surface area contributed by atoms with E-state index in [-0.39, 0.29) is 0 Å². The molecular weight excluding hydrogens is 232 g/mol. The van der Waals surface area contributed by atoms with Crippen LogP contribution in [-0.2, 0) is 0 Å². The Morgan fingerprint density at radius 2 is 1.61 bits per heavy atom. The van der Waals surface area contributed by atoms with Crippen molar-refractivity contribution in [3.8, 4) is 22.9 Å². The van der Waals surface area contributed by atoms with E-state index in [1.807, 2.05) is 6.07 Å². The predicted octanol–water partition coefficient (Wildman–Crippen LogP) is 1.33. The summed E-state index contributed by atoms with van der Waals surface area (Å²) in [6.45, 7) is 0. The molecular formula is C12H14N4O2. The van der Waals surface area contributed by atoms with Gasteiger partial charge in [0, 0.05) is 11.6 Å². The van der Waals surface area contributed by atoms with Crippen LogP contribution in [0.3, 0.4) is 0 Å². The van der Waals surface area contributed by atoms with Crippen LogP contribution in [0.4, 0.5) is 11.6 Å². The van der Waals surface area contributed by atoms with E-state index in [9.17, 15) is 0 Å². The number of rotatable bonds is 3. The summed E-state index contributed by atoms with van der Waals surface area (Å²) in [6.07, 6.45) is 0. The van der Waals surface area contributed by atoms with Crippen LogP contribution >= 0.6 is 0 Å². The molecule has 0 amide bonds. The molecule has 18 heavy (non-hydrogen) atoms. The van der Waals surface area contributed by atoms with Crippen LogP contribution in [0.15, 0.2) is 24.3 Å². The van der Waals surface area contributed by atoms with Crippen molar-refractivity contribution in [2.75, 3.05) is 25.7 Å². The summed E-state index contributed by atoms with van der Waals surface area (Å²) in [5.41, 5.74) is 12.9. The minimum absolute atomic E-state index is 0.350. The molecule has 0 aliphatic heterocycles. The number of ether oxygens (including phenoxy) is 2. The molecule has 0 fully saturated rings. The molecule has 0 atom stereocenters. The van der Waals surface area contributed by atoms with E-state index in [2.05, 4.69) is 9.97 Å². The van der Waals surface area contributed by atoms with E-state index in [4.69, 9.17) is 20.9 Å². The van der Waals surface area contributed by atoms with Gasteiger partial charge < -0.3 is 20.9 Å². The van der Waals surface area contributed by atoms with Crippen LogP contribution in [0.5, 0.6) is 11.8 Å². The maximum Gasteiger partial charge on any atom is 0.224 e. The van der Waals surface area contributed by atoms with Gasteiger partial charge in [0.05, 0.1) is 14.2 Å². The van der Waals surface area contributed by atoms with E-state index >= 15 is 0 Å². The van der Waals surface area contributed by atoms with Crippen molar-refractivity contribution in [1.29, 1.82) is 0 Å². The molecule has 0 radical (unpaired) electrons. The average Bonchev–Trinajstić information content (AvgIpc) is 2.36. The topological polar surface area (TPSA) is 96.3 Å². The van der Waals surface area contributed by atoms with Crippen molar-refractivity contribution in [3.63, 3.8) is 0 Å². The lowest BCUT2D eigenvalue weighted by molar-refractivity contribution is 0.366. The molecule has 0 aliphatic carbocycles. The molecule has 0 saturated heterocycles. The monoisotopic (exact) mass is 246 g/mol. The molecule has 2 heterocycles. The lowest BCUT2D eigenvalue weighted by Crippen LogP contribution is -1.99. The number of hydrogen-bond donors (Lipinski definition) is 2.